The lowest BCUT2D eigenvalue weighted by Crippen LogP contribution is -2.23. The molecule has 0 spiro atoms. The van der Waals surface area contributed by atoms with E-state index in [1.807, 2.05) is 13.8 Å². The van der Waals surface area contributed by atoms with Crippen LogP contribution in [0.4, 0.5) is 0 Å². The zero-order valence-corrected chi connectivity index (χ0v) is 13.3. The van der Waals surface area contributed by atoms with Gasteiger partial charge < -0.3 is 14.2 Å². The first kappa shape index (κ1) is 16.1. The van der Waals surface area contributed by atoms with Gasteiger partial charge in [-0.2, -0.15) is 0 Å². The van der Waals surface area contributed by atoms with E-state index in [4.69, 9.17) is 14.2 Å². The van der Waals surface area contributed by atoms with E-state index in [0.29, 0.717) is 35.7 Å². The van der Waals surface area contributed by atoms with Crippen molar-refractivity contribution in [3.63, 3.8) is 0 Å². The zero-order chi connectivity index (χ0) is 16.3. The number of carbonyl (C=O) groups is 2. The van der Waals surface area contributed by atoms with Crippen LogP contribution in [0.1, 0.15) is 37.0 Å². The Kier molecular flexibility index (Phi) is 4.54. The number of ether oxygens (including phenoxy) is 3. The summed E-state index contributed by atoms with van der Waals surface area (Å²) < 4.78 is 15.7. The van der Waals surface area contributed by atoms with Gasteiger partial charge in [-0.15, -0.1) is 0 Å². The molecule has 1 aromatic rings. The normalized spacial score (nSPS) is 16.7. The quantitative estimate of drug-likeness (QED) is 0.800. The molecule has 0 fully saturated rings. The van der Waals surface area contributed by atoms with Gasteiger partial charge in [0.05, 0.1) is 19.8 Å². The first-order valence-electron chi connectivity index (χ1n) is 7.02. The number of hydrogen-bond acceptors (Lipinski definition) is 5. The Morgan fingerprint density at radius 1 is 1.09 bits per heavy atom. The van der Waals surface area contributed by atoms with Gasteiger partial charge in [0.25, 0.3) is 0 Å². The second-order valence-electron chi connectivity index (χ2n) is 6.05. The molecule has 1 aromatic carbocycles. The van der Waals surface area contributed by atoms with Crippen LogP contribution in [0.25, 0.3) is 0 Å². The van der Waals surface area contributed by atoms with Crippen molar-refractivity contribution in [2.75, 3.05) is 14.2 Å². The number of esters is 1. The monoisotopic (exact) mass is 304 g/mol. The Labute approximate surface area is 129 Å². The topological polar surface area (TPSA) is 61.8 Å². The summed E-state index contributed by atoms with van der Waals surface area (Å²) in [6.45, 7) is 3.95. The zero-order valence-electron chi connectivity index (χ0n) is 13.3. The Hall–Kier alpha value is -2.30. The molecule has 1 aliphatic rings. The van der Waals surface area contributed by atoms with E-state index in [2.05, 4.69) is 0 Å². The maximum absolute atomic E-state index is 12.2. The molecule has 0 aromatic heterocycles. The molecule has 5 heteroatoms. The van der Waals surface area contributed by atoms with Gasteiger partial charge in [0.2, 0.25) is 0 Å². The Balaban J connectivity index is 2.17. The summed E-state index contributed by atoms with van der Waals surface area (Å²) in [5.74, 6) is 0.850. The molecule has 0 atom stereocenters. The van der Waals surface area contributed by atoms with Gasteiger partial charge in [0.15, 0.2) is 17.3 Å². The first-order valence-corrected chi connectivity index (χ1v) is 7.02. The second kappa shape index (κ2) is 6.22. The van der Waals surface area contributed by atoms with Gasteiger partial charge in [-0.25, -0.2) is 4.79 Å². The Morgan fingerprint density at radius 2 is 1.77 bits per heavy atom. The third-order valence-corrected chi connectivity index (χ3v) is 3.47. The number of hydrogen-bond donors (Lipinski definition) is 0. The molecule has 0 N–H and O–H groups in total. The highest BCUT2D eigenvalue weighted by atomic mass is 16.5. The average Bonchev–Trinajstić information content (AvgIpc) is 2.44. The minimum atomic E-state index is -0.516. The lowest BCUT2D eigenvalue weighted by molar-refractivity contribution is -0.117. The minimum absolute atomic E-state index is 0.0219. The van der Waals surface area contributed by atoms with Crippen LogP contribution in [0.2, 0.25) is 0 Å². The molecule has 0 saturated carbocycles. The van der Waals surface area contributed by atoms with Crippen LogP contribution in [-0.4, -0.2) is 26.0 Å². The Bertz CT molecular complexity index is 628. The van der Waals surface area contributed by atoms with E-state index in [0.717, 1.165) is 0 Å². The number of ketones is 1. The summed E-state index contributed by atoms with van der Waals surface area (Å²) in [7, 11) is 3.02. The standard InChI is InChI=1S/C17H20O5/c1-17(2)9-12(18)8-13(10-17)22-16(19)11-5-6-14(20-3)15(7-11)21-4/h5-8H,9-10H2,1-4H3. The predicted octanol–water partition coefficient (Wildman–Crippen LogP) is 3.13. The van der Waals surface area contributed by atoms with Crippen LogP contribution in [-0.2, 0) is 9.53 Å². The molecular weight excluding hydrogens is 284 g/mol. The fraction of sp³-hybridized carbons (Fsp3) is 0.412. The summed E-state index contributed by atoms with van der Waals surface area (Å²) in [6.07, 6.45) is 2.42. The summed E-state index contributed by atoms with van der Waals surface area (Å²) >= 11 is 0. The molecule has 5 nitrogen and oxygen atoms in total. The van der Waals surface area contributed by atoms with Crippen LogP contribution in [0.3, 0.4) is 0 Å². The van der Waals surface area contributed by atoms with Crippen molar-refractivity contribution in [3.05, 3.63) is 35.6 Å². The van der Waals surface area contributed by atoms with Crippen molar-refractivity contribution in [3.8, 4) is 11.5 Å². The van der Waals surface area contributed by atoms with E-state index in [1.165, 1.54) is 20.3 Å². The summed E-state index contributed by atoms with van der Waals surface area (Å²) in [5.41, 5.74) is 0.147. The smallest absolute Gasteiger partial charge is 0.343 e. The van der Waals surface area contributed by atoms with Gasteiger partial charge in [0, 0.05) is 18.9 Å². The maximum atomic E-state index is 12.2. The van der Waals surface area contributed by atoms with Crippen molar-refractivity contribution < 1.29 is 23.8 Å². The molecule has 0 radical (unpaired) electrons. The predicted molar refractivity (Wildman–Crippen MR) is 81.1 cm³/mol. The molecule has 2 rings (SSSR count). The van der Waals surface area contributed by atoms with E-state index >= 15 is 0 Å². The van der Waals surface area contributed by atoms with Crippen LogP contribution in [0, 0.1) is 5.41 Å². The lowest BCUT2D eigenvalue weighted by Gasteiger charge is -2.27. The SMILES string of the molecule is COc1ccc(C(=O)OC2=CC(=O)CC(C)(C)C2)cc1OC. The van der Waals surface area contributed by atoms with Crippen molar-refractivity contribution in [1.82, 2.24) is 0 Å². The molecule has 22 heavy (non-hydrogen) atoms. The van der Waals surface area contributed by atoms with Gasteiger partial charge in [-0.1, -0.05) is 13.8 Å². The summed E-state index contributed by atoms with van der Waals surface area (Å²) in [5, 5.41) is 0. The molecule has 0 saturated heterocycles. The summed E-state index contributed by atoms with van der Waals surface area (Å²) in [6, 6.07) is 4.79. The third kappa shape index (κ3) is 3.67. The largest absolute Gasteiger partial charge is 0.493 e. The average molecular weight is 304 g/mol. The fourth-order valence-electron chi connectivity index (χ4n) is 2.49. The molecular formula is C17H20O5. The second-order valence-corrected chi connectivity index (χ2v) is 6.05. The van der Waals surface area contributed by atoms with Crippen molar-refractivity contribution in [1.29, 1.82) is 0 Å². The van der Waals surface area contributed by atoms with E-state index in [-0.39, 0.29) is 11.2 Å². The number of allylic oxidation sites excluding steroid dienone is 2. The van der Waals surface area contributed by atoms with Crippen LogP contribution in [0.15, 0.2) is 30.0 Å². The van der Waals surface area contributed by atoms with Crippen LogP contribution in [0.5, 0.6) is 11.5 Å². The highest BCUT2D eigenvalue weighted by Crippen LogP contribution is 2.34. The summed E-state index contributed by atoms with van der Waals surface area (Å²) in [4.78, 5) is 23.9. The third-order valence-electron chi connectivity index (χ3n) is 3.47. The minimum Gasteiger partial charge on any atom is -0.493 e. The number of benzene rings is 1. The number of carbonyl (C=O) groups excluding carboxylic acids is 2. The van der Waals surface area contributed by atoms with E-state index in [1.54, 1.807) is 18.2 Å². The van der Waals surface area contributed by atoms with E-state index in [9.17, 15) is 9.59 Å². The molecule has 1 aliphatic carbocycles. The lowest BCUT2D eigenvalue weighted by atomic mass is 9.79. The van der Waals surface area contributed by atoms with Crippen molar-refractivity contribution in [2.24, 2.45) is 5.41 Å². The fourth-order valence-corrected chi connectivity index (χ4v) is 2.49. The van der Waals surface area contributed by atoms with Crippen molar-refractivity contribution >= 4 is 11.8 Å². The Morgan fingerprint density at radius 3 is 2.36 bits per heavy atom. The molecule has 118 valence electrons. The molecule has 0 bridgehead atoms. The van der Waals surface area contributed by atoms with Gasteiger partial charge in [-0.3, -0.25) is 4.79 Å². The first-order chi connectivity index (χ1) is 10.3. The molecule has 0 heterocycles. The van der Waals surface area contributed by atoms with Gasteiger partial charge >= 0.3 is 5.97 Å². The molecule has 0 amide bonds. The maximum Gasteiger partial charge on any atom is 0.343 e. The molecule has 0 unspecified atom stereocenters. The van der Waals surface area contributed by atoms with E-state index < -0.39 is 5.97 Å². The molecule has 0 aliphatic heterocycles. The number of methoxy groups -OCH3 is 2. The van der Waals surface area contributed by atoms with Gasteiger partial charge in [-0.05, 0) is 23.6 Å². The van der Waals surface area contributed by atoms with Gasteiger partial charge in [0.1, 0.15) is 5.76 Å². The van der Waals surface area contributed by atoms with Crippen LogP contribution < -0.4 is 9.47 Å². The highest BCUT2D eigenvalue weighted by molar-refractivity contribution is 5.94. The van der Waals surface area contributed by atoms with Crippen molar-refractivity contribution in [2.45, 2.75) is 26.7 Å². The number of rotatable bonds is 4. The highest BCUT2D eigenvalue weighted by Gasteiger charge is 2.29. The van der Waals surface area contributed by atoms with Crippen LogP contribution >= 0.6 is 0 Å².